The van der Waals surface area contributed by atoms with E-state index in [0.717, 1.165) is 33.2 Å². The molecule has 3 unspecified atom stereocenters. The zero-order valence-corrected chi connectivity index (χ0v) is 31.2. The monoisotopic (exact) mass is 729 g/mol. The predicted molar refractivity (Wildman–Crippen MR) is 204 cm³/mol. The van der Waals surface area contributed by atoms with Crippen LogP contribution in [0.4, 0.5) is 4.79 Å². The fraction of sp³-hybridized carbons (Fsp3) is 0.415. The number of nitrogens with one attached hydrogen (secondary N) is 3. The molecule has 1 heterocycles. The van der Waals surface area contributed by atoms with Gasteiger partial charge >= 0.3 is 12.1 Å². The third-order valence-electron chi connectivity index (χ3n) is 8.86. The van der Waals surface area contributed by atoms with Gasteiger partial charge in [-0.25, -0.2) is 4.79 Å². The second-order valence-electron chi connectivity index (χ2n) is 13.7. The topological polar surface area (TPSA) is 143 Å². The number of alkyl carbamates (subject to hydrolysis) is 1. The van der Waals surface area contributed by atoms with Crippen LogP contribution in [0.1, 0.15) is 63.0 Å². The summed E-state index contributed by atoms with van der Waals surface area (Å²) in [5.74, 6) is -1.36. The van der Waals surface area contributed by atoms with E-state index >= 15 is 0 Å². The average molecular weight is 730 g/mol. The number of fused-ring (bicyclic) bond motifs is 1. The van der Waals surface area contributed by atoms with E-state index in [-0.39, 0.29) is 44.3 Å². The van der Waals surface area contributed by atoms with Crippen molar-refractivity contribution in [2.24, 2.45) is 11.8 Å². The number of aliphatic hydroxyl groups excluding tert-OH is 1. The molecule has 0 radical (unpaired) electrons. The lowest BCUT2D eigenvalue weighted by Crippen LogP contribution is -2.57. The molecule has 4 N–H and O–H groups in total. The Labute approximate surface area is 310 Å². The van der Waals surface area contributed by atoms with Crippen molar-refractivity contribution in [1.29, 1.82) is 0 Å². The van der Waals surface area contributed by atoms with E-state index in [1.807, 2.05) is 118 Å². The zero-order chi connectivity index (χ0) is 37.5. The number of carbonyl (C=O) groups excluding carboxylic acids is 4. The van der Waals surface area contributed by atoms with Gasteiger partial charge in [0, 0.05) is 17.7 Å². The van der Waals surface area contributed by atoms with Crippen LogP contribution in [-0.4, -0.2) is 59.8 Å². The van der Waals surface area contributed by atoms with E-state index in [9.17, 15) is 24.3 Å². The highest BCUT2D eigenvalue weighted by atomic mass is 32.1. The maximum atomic E-state index is 14.2. The fourth-order valence-corrected chi connectivity index (χ4v) is 6.50. The number of carbonyl (C=O) groups is 4. The van der Waals surface area contributed by atoms with Crippen molar-refractivity contribution in [1.82, 2.24) is 16.0 Å². The Morgan fingerprint density at radius 1 is 0.769 bits per heavy atom. The highest BCUT2D eigenvalue weighted by Gasteiger charge is 2.32. The quantitative estimate of drug-likeness (QED) is 0.0826. The Kier molecular flexibility index (Phi) is 15.7. The van der Waals surface area contributed by atoms with Crippen LogP contribution in [0.3, 0.4) is 0 Å². The van der Waals surface area contributed by atoms with Crippen LogP contribution in [0.25, 0.3) is 10.8 Å². The van der Waals surface area contributed by atoms with Crippen LogP contribution < -0.4 is 16.0 Å². The molecule has 1 aromatic heterocycles. The molecule has 0 fully saturated rings. The lowest BCUT2D eigenvalue weighted by Gasteiger charge is -2.29. The third kappa shape index (κ3) is 12.8. The Morgan fingerprint density at radius 3 is 2.17 bits per heavy atom. The van der Waals surface area contributed by atoms with Crippen molar-refractivity contribution in [3.8, 4) is 0 Å². The number of ether oxygens (including phenoxy) is 2. The molecule has 0 aliphatic carbocycles. The van der Waals surface area contributed by atoms with Crippen molar-refractivity contribution in [3.63, 3.8) is 0 Å². The molecule has 52 heavy (non-hydrogen) atoms. The molecule has 10 nitrogen and oxygen atoms in total. The van der Waals surface area contributed by atoms with Gasteiger partial charge in [0.15, 0.2) is 0 Å². The van der Waals surface area contributed by atoms with Crippen molar-refractivity contribution in [3.05, 3.63) is 106 Å². The lowest BCUT2D eigenvalue weighted by atomic mass is 9.96. The summed E-state index contributed by atoms with van der Waals surface area (Å²) in [6.45, 7) is 8.17. The minimum atomic E-state index is -1.20. The Balaban J connectivity index is 1.54. The number of benzene rings is 3. The summed E-state index contributed by atoms with van der Waals surface area (Å²) in [4.78, 5) is 54.7. The summed E-state index contributed by atoms with van der Waals surface area (Å²) in [5, 5.41) is 23.5. The number of thiophene rings is 1. The number of aliphatic hydroxyl groups is 1. The van der Waals surface area contributed by atoms with Gasteiger partial charge in [-0.3, -0.25) is 14.4 Å². The normalized spacial score (nSPS) is 14.1. The Hall–Kier alpha value is -4.74. The maximum absolute atomic E-state index is 14.2. The predicted octanol–water partition coefficient (Wildman–Crippen LogP) is 6.34. The van der Waals surface area contributed by atoms with Gasteiger partial charge in [0.05, 0.1) is 25.2 Å². The number of hydrogen-bond donors (Lipinski definition) is 4. The van der Waals surface area contributed by atoms with E-state index in [1.54, 1.807) is 0 Å². The van der Waals surface area contributed by atoms with Crippen LogP contribution >= 0.6 is 11.3 Å². The summed E-state index contributed by atoms with van der Waals surface area (Å²) >= 11 is 1.45. The molecule has 0 aliphatic rings. The van der Waals surface area contributed by atoms with Gasteiger partial charge in [0.25, 0.3) is 0 Å². The van der Waals surface area contributed by atoms with E-state index in [4.69, 9.17) is 9.47 Å². The van der Waals surface area contributed by atoms with Gasteiger partial charge in [-0.2, -0.15) is 0 Å². The lowest BCUT2D eigenvalue weighted by molar-refractivity contribution is -0.148. The largest absolute Gasteiger partial charge is 0.465 e. The molecule has 4 rings (SSSR count). The van der Waals surface area contributed by atoms with Gasteiger partial charge in [-0.05, 0) is 51.6 Å². The standard InChI is InChI=1S/C41H51N3O7S/c1-5-28(4)25-50-38(46)24-37(45)34(21-27(2)3)42-40(48)36(23-32-18-12-20-52-32)43-39(47)35(44-41(49)51-26-29-13-7-6-8-14-29)22-31-17-11-16-30-15-9-10-19-33(30)31/h6-20,27-28,34-37,45H,5,21-26H2,1-4H3,(H,42,48)(H,43,47)(H,44,49)/t28?,34?,35-,36-,37?/m0/s1. The molecule has 0 aliphatic heterocycles. The molecule has 3 aromatic carbocycles. The average Bonchev–Trinajstić information content (AvgIpc) is 3.65. The van der Waals surface area contributed by atoms with Gasteiger partial charge < -0.3 is 30.5 Å². The van der Waals surface area contributed by atoms with Crippen LogP contribution in [0.2, 0.25) is 0 Å². The van der Waals surface area contributed by atoms with Crippen LogP contribution in [0.15, 0.2) is 90.3 Å². The van der Waals surface area contributed by atoms with Crippen molar-refractivity contribution < 1.29 is 33.8 Å². The SMILES string of the molecule is CCC(C)COC(=O)CC(O)C(CC(C)C)NC(=O)[C@H](Cc1cccs1)NC(=O)[C@H](Cc1cccc2ccccc12)NC(=O)OCc1ccccc1. The molecule has 4 aromatic rings. The number of esters is 1. The molecule has 0 spiro atoms. The van der Waals surface area contributed by atoms with Gasteiger partial charge in [-0.15, -0.1) is 11.3 Å². The van der Waals surface area contributed by atoms with Gasteiger partial charge in [0.1, 0.15) is 18.7 Å². The van der Waals surface area contributed by atoms with Crippen molar-refractivity contribution in [2.75, 3.05) is 6.61 Å². The summed E-state index contributed by atoms with van der Waals surface area (Å²) in [6, 6.07) is 23.6. The van der Waals surface area contributed by atoms with E-state index in [2.05, 4.69) is 16.0 Å². The number of amides is 3. The van der Waals surface area contributed by atoms with E-state index in [1.165, 1.54) is 11.3 Å². The number of hydrogen-bond acceptors (Lipinski definition) is 8. The summed E-state index contributed by atoms with van der Waals surface area (Å²) in [7, 11) is 0. The van der Waals surface area contributed by atoms with Crippen molar-refractivity contribution in [2.45, 2.75) is 90.6 Å². The minimum absolute atomic E-state index is 0.0173. The first kappa shape index (κ1) is 40.0. The highest BCUT2D eigenvalue weighted by molar-refractivity contribution is 7.09. The van der Waals surface area contributed by atoms with E-state index in [0.29, 0.717) is 6.42 Å². The molecule has 5 atom stereocenters. The second-order valence-corrected chi connectivity index (χ2v) is 14.7. The third-order valence-corrected chi connectivity index (χ3v) is 9.76. The molecule has 0 saturated heterocycles. The first-order valence-electron chi connectivity index (χ1n) is 17.9. The Bertz CT molecular complexity index is 1730. The molecular formula is C41H51N3O7S. The second kappa shape index (κ2) is 20.3. The molecular weight excluding hydrogens is 679 g/mol. The highest BCUT2D eigenvalue weighted by Crippen LogP contribution is 2.21. The zero-order valence-electron chi connectivity index (χ0n) is 30.4. The first-order valence-corrected chi connectivity index (χ1v) is 18.8. The molecule has 11 heteroatoms. The molecule has 0 bridgehead atoms. The van der Waals surface area contributed by atoms with Crippen LogP contribution in [0, 0.1) is 11.8 Å². The molecule has 0 saturated carbocycles. The van der Waals surface area contributed by atoms with Crippen LogP contribution in [-0.2, 0) is 43.3 Å². The first-order chi connectivity index (χ1) is 25.0. The van der Waals surface area contributed by atoms with E-state index < -0.39 is 48.1 Å². The summed E-state index contributed by atoms with van der Waals surface area (Å²) in [6.07, 6.45) is -0.698. The minimum Gasteiger partial charge on any atom is -0.465 e. The van der Waals surface area contributed by atoms with Gasteiger partial charge in [-0.1, -0.05) is 113 Å². The number of rotatable bonds is 19. The van der Waals surface area contributed by atoms with Gasteiger partial charge in [0.2, 0.25) is 11.8 Å². The summed E-state index contributed by atoms with van der Waals surface area (Å²) < 4.78 is 10.8. The Morgan fingerprint density at radius 2 is 1.46 bits per heavy atom. The fourth-order valence-electron chi connectivity index (χ4n) is 5.75. The van der Waals surface area contributed by atoms with Crippen LogP contribution in [0.5, 0.6) is 0 Å². The smallest absolute Gasteiger partial charge is 0.408 e. The molecule has 3 amide bonds. The summed E-state index contributed by atoms with van der Waals surface area (Å²) in [5.41, 5.74) is 1.63. The van der Waals surface area contributed by atoms with Crippen molar-refractivity contribution >= 4 is 46.0 Å². The molecule has 278 valence electrons. The maximum Gasteiger partial charge on any atom is 0.408 e.